The molecule has 0 radical (unpaired) electrons. The van der Waals surface area contributed by atoms with E-state index < -0.39 is 0 Å². The van der Waals surface area contributed by atoms with Crippen LogP contribution in [0.3, 0.4) is 0 Å². The van der Waals surface area contributed by atoms with Gasteiger partial charge >= 0.3 is 0 Å². The monoisotopic (exact) mass is 399 g/mol. The molecule has 1 atom stereocenters. The fourth-order valence-electron chi connectivity index (χ4n) is 3.88. The van der Waals surface area contributed by atoms with Crippen molar-refractivity contribution in [2.75, 3.05) is 19.9 Å². The standard InChI is InChI=1S/C21H29N5O3/c1-4-19(27)22-20(14(2)3)21-24-23-18-7-8-25(9-10-26(18)21)12-15-5-6-16-17(11-15)29-13-28-16/h5-6,11,14,20H,4,7-10,12-13H2,1-3H3,(H,22,27). The average molecular weight is 399 g/mol. The second kappa shape index (κ2) is 8.41. The van der Waals surface area contributed by atoms with Crippen LogP contribution in [-0.4, -0.2) is 45.5 Å². The van der Waals surface area contributed by atoms with Gasteiger partial charge in [-0.1, -0.05) is 26.8 Å². The number of ether oxygens (including phenoxy) is 2. The van der Waals surface area contributed by atoms with Gasteiger partial charge in [-0.3, -0.25) is 9.69 Å². The zero-order valence-electron chi connectivity index (χ0n) is 17.4. The quantitative estimate of drug-likeness (QED) is 0.803. The van der Waals surface area contributed by atoms with Crippen LogP contribution < -0.4 is 14.8 Å². The first kappa shape index (κ1) is 19.7. The van der Waals surface area contributed by atoms with Crippen molar-refractivity contribution < 1.29 is 14.3 Å². The first-order chi connectivity index (χ1) is 14.0. The summed E-state index contributed by atoms with van der Waals surface area (Å²) in [5.74, 6) is 3.77. The number of carbonyl (C=O) groups is 1. The van der Waals surface area contributed by atoms with E-state index in [1.54, 1.807) is 0 Å². The maximum Gasteiger partial charge on any atom is 0.231 e. The van der Waals surface area contributed by atoms with Gasteiger partial charge in [0, 0.05) is 39.0 Å². The van der Waals surface area contributed by atoms with E-state index in [1.165, 1.54) is 5.56 Å². The van der Waals surface area contributed by atoms with Crippen LogP contribution in [0.15, 0.2) is 18.2 Å². The number of amides is 1. The summed E-state index contributed by atoms with van der Waals surface area (Å²) >= 11 is 0. The summed E-state index contributed by atoms with van der Waals surface area (Å²) < 4.78 is 13.1. The van der Waals surface area contributed by atoms with Crippen molar-refractivity contribution in [1.82, 2.24) is 25.0 Å². The lowest BCUT2D eigenvalue weighted by Gasteiger charge is -2.23. The SMILES string of the molecule is CCC(=O)NC(c1nnc2n1CCN(Cc1ccc3c(c1)OCO3)CC2)C(C)C. The lowest BCUT2D eigenvalue weighted by Crippen LogP contribution is -2.34. The molecule has 2 aliphatic rings. The van der Waals surface area contributed by atoms with E-state index in [9.17, 15) is 4.79 Å². The molecule has 2 aromatic rings. The van der Waals surface area contributed by atoms with Crippen LogP contribution >= 0.6 is 0 Å². The van der Waals surface area contributed by atoms with Gasteiger partial charge in [-0.05, 0) is 23.6 Å². The van der Waals surface area contributed by atoms with Gasteiger partial charge in [0.2, 0.25) is 12.7 Å². The maximum atomic E-state index is 12.0. The minimum absolute atomic E-state index is 0.0408. The number of nitrogens with zero attached hydrogens (tertiary/aromatic N) is 4. The third-order valence-electron chi connectivity index (χ3n) is 5.57. The molecule has 4 rings (SSSR count). The zero-order valence-corrected chi connectivity index (χ0v) is 17.4. The Balaban J connectivity index is 1.46. The van der Waals surface area contributed by atoms with Crippen LogP contribution in [0, 0.1) is 5.92 Å². The molecule has 3 heterocycles. The summed E-state index contributed by atoms with van der Waals surface area (Å²) in [5.41, 5.74) is 1.21. The number of nitrogens with one attached hydrogen (secondary N) is 1. The fourth-order valence-corrected chi connectivity index (χ4v) is 3.88. The Labute approximate surface area is 171 Å². The van der Waals surface area contributed by atoms with E-state index in [4.69, 9.17) is 9.47 Å². The van der Waals surface area contributed by atoms with Crippen molar-refractivity contribution in [3.63, 3.8) is 0 Å². The van der Waals surface area contributed by atoms with Crippen molar-refractivity contribution in [2.24, 2.45) is 5.92 Å². The molecule has 1 amide bonds. The number of benzene rings is 1. The van der Waals surface area contributed by atoms with Crippen molar-refractivity contribution in [3.8, 4) is 11.5 Å². The van der Waals surface area contributed by atoms with E-state index in [-0.39, 0.29) is 17.9 Å². The number of carbonyl (C=O) groups excluding carboxylic acids is 1. The number of rotatable bonds is 6. The number of fused-ring (bicyclic) bond motifs is 2. The van der Waals surface area contributed by atoms with Gasteiger partial charge in [0.25, 0.3) is 0 Å². The zero-order chi connectivity index (χ0) is 20.4. The van der Waals surface area contributed by atoms with Crippen LogP contribution in [0.5, 0.6) is 11.5 Å². The van der Waals surface area contributed by atoms with Crippen molar-refractivity contribution >= 4 is 5.91 Å². The first-order valence-corrected chi connectivity index (χ1v) is 10.4. The van der Waals surface area contributed by atoms with Gasteiger partial charge in [0.15, 0.2) is 17.3 Å². The Hall–Kier alpha value is -2.61. The van der Waals surface area contributed by atoms with Gasteiger partial charge in [-0.15, -0.1) is 10.2 Å². The molecule has 0 fully saturated rings. The summed E-state index contributed by atoms with van der Waals surface area (Å²) in [4.78, 5) is 14.4. The summed E-state index contributed by atoms with van der Waals surface area (Å²) in [6.07, 6.45) is 1.30. The highest BCUT2D eigenvalue weighted by Gasteiger charge is 2.27. The molecule has 0 saturated carbocycles. The molecule has 156 valence electrons. The van der Waals surface area contributed by atoms with Crippen LogP contribution in [-0.2, 0) is 24.3 Å². The second-order valence-corrected chi connectivity index (χ2v) is 7.98. The molecule has 1 aromatic carbocycles. The maximum absolute atomic E-state index is 12.0. The third kappa shape index (κ3) is 4.22. The summed E-state index contributed by atoms with van der Waals surface area (Å²) in [6.45, 7) is 9.85. The number of hydrogen-bond acceptors (Lipinski definition) is 6. The van der Waals surface area contributed by atoms with Crippen LogP contribution in [0.25, 0.3) is 0 Å². The van der Waals surface area contributed by atoms with Gasteiger partial charge in [0.05, 0.1) is 6.04 Å². The van der Waals surface area contributed by atoms with Crippen LogP contribution in [0.4, 0.5) is 0 Å². The number of hydrogen-bond donors (Lipinski definition) is 1. The summed E-state index contributed by atoms with van der Waals surface area (Å²) in [5, 5.41) is 12.0. The van der Waals surface area contributed by atoms with Crippen molar-refractivity contribution in [2.45, 2.75) is 52.7 Å². The lowest BCUT2D eigenvalue weighted by molar-refractivity contribution is -0.121. The Bertz CT molecular complexity index is 879. The highest BCUT2D eigenvalue weighted by molar-refractivity contribution is 5.75. The van der Waals surface area contributed by atoms with E-state index in [2.05, 4.69) is 51.0 Å². The van der Waals surface area contributed by atoms with E-state index in [1.807, 2.05) is 13.0 Å². The molecular formula is C21H29N5O3. The minimum Gasteiger partial charge on any atom is -0.454 e. The average Bonchev–Trinajstić information content (AvgIpc) is 3.29. The molecule has 0 bridgehead atoms. The first-order valence-electron chi connectivity index (χ1n) is 10.4. The molecule has 29 heavy (non-hydrogen) atoms. The van der Waals surface area contributed by atoms with Crippen LogP contribution in [0.1, 0.15) is 50.4 Å². The highest BCUT2D eigenvalue weighted by atomic mass is 16.7. The predicted molar refractivity (Wildman–Crippen MR) is 108 cm³/mol. The second-order valence-electron chi connectivity index (χ2n) is 7.98. The topological polar surface area (TPSA) is 81.5 Å². The largest absolute Gasteiger partial charge is 0.454 e. The van der Waals surface area contributed by atoms with Crippen molar-refractivity contribution in [3.05, 3.63) is 35.4 Å². The van der Waals surface area contributed by atoms with E-state index in [0.29, 0.717) is 13.2 Å². The van der Waals surface area contributed by atoms with E-state index in [0.717, 1.165) is 55.7 Å². The van der Waals surface area contributed by atoms with Gasteiger partial charge in [0.1, 0.15) is 5.82 Å². The Morgan fingerprint density at radius 3 is 2.79 bits per heavy atom. The molecule has 1 unspecified atom stereocenters. The normalized spacial score (nSPS) is 17.1. The summed E-state index contributed by atoms with van der Waals surface area (Å²) in [6, 6.07) is 6.02. The van der Waals surface area contributed by atoms with Gasteiger partial charge < -0.3 is 19.4 Å². The molecule has 0 spiro atoms. The minimum atomic E-state index is -0.121. The molecule has 2 aliphatic heterocycles. The van der Waals surface area contributed by atoms with Crippen LogP contribution in [0.2, 0.25) is 0 Å². The number of aromatic nitrogens is 3. The Kier molecular flexibility index (Phi) is 5.71. The smallest absolute Gasteiger partial charge is 0.231 e. The van der Waals surface area contributed by atoms with Gasteiger partial charge in [-0.2, -0.15) is 0 Å². The lowest BCUT2D eigenvalue weighted by atomic mass is 10.0. The molecule has 1 aromatic heterocycles. The van der Waals surface area contributed by atoms with Crippen molar-refractivity contribution in [1.29, 1.82) is 0 Å². The Morgan fingerprint density at radius 2 is 2.00 bits per heavy atom. The highest BCUT2D eigenvalue weighted by Crippen LogP contribution is 2.33. The molecule has 1 N–H and O–H groups in total. The molecule has 0 saturated heterocycles. The third-order valence-corrected chi connectivity index (χ3v) is 5.57. The Morgan fingerprint density at radius 1 is 1.17 bits per heavy atom. The summed E-state index contributed by atoms with van der Waals surface area (Å²) in [7, 11) is 0. The predicted octanol–water partition coefficient (Wildman–Crippen LogP) is 2.29. The van der Waals surface area contributed by atoms with Gasteiger partial charge in [-0.25, -0.2) is 0 Å². The molecule has 0 aliphatic carbocycles. The van der Waals surface area contributed by atoms with E-state index >= 15 is 0 Å². The molecule has 8 heteroatoms. The fraction of sp³-hybridized carbons (Fsp3) is 0.571. The molecular weight excluding hydrogens is 370 g/mol. The molecule has 8 nitrogen and oxygen atoms in total.